The van der Waals surface area contributed by atoms with Crippen LogP contribution in [0.4, 0.5) is 0 Å². The molecule has 0 bridgehead atoms. The van der Waals surface area contributed by atoms with Crippen LogP contribution >= 0.6 is 11.6 Å². The van der Waals surface area contributed by atoms with Crippen LogP contribution in [0.5, 0.6) is 0 Å². The van der Waals surface area contributed by atoms with Crippen LogP contribution in [0.3, 0.4) is 0 Å². The molecule has 1 heterocycles. The molecule has 2 N–H and O–H groups in total. The Hall–Kier alpha value is -0.610. The van der Waals surface area contributed by atoms with Crippen molar-refractivity contribution in [1.82, 2.24) is 10.2 Å². The molecule has 0 aliphatic carbocycles. The van der Waals surface area contributed by atoms with Crippen molar-refractivity contribution in [2.75, 3.05) is 32.8 Å². The molecule has 2 atom stereocenters. The number of aliphatic hydroxyl groups excluding tert-OH is 1. The fourth-order valence-corrected chi connectivity index (χ4v) is 3.29. The monoisotopic (exact) mass is 310 g/mol. The van der Waals surface area contributed by atoms with Gasteiger partial charge in [0.1, 0.15) is 0 Å². The van der Waals surface area contributed by atoms with E-state index < -0.39 is 0 Å². The smallest absolute Gasteiger partial charge is 0.0471 e. The Morgan fingerprint density at radius 2 is 2.24 bits per heavy atom. The zero-order chi connectivity index (χ0) is 15.1. The summed E-state index contributed by atoms with van der Waals surface area (Å²) < 4.78 is 0. The van der Waals surface area contributed by atoms with Gasteiger partial charge in [-0.15, -0.1) is 0 Å². The van der Waals surface area contributed by atoms with E-state index in [1.54, 1.807) is 0 Å². The van der Waals surface area contributed by atoms with Gasteiger partial charge in [0, 0.05) is 24.2 Å². The minimum absolute atomic E-state index is 0.312. The fourth-order valence-electron chi connectivity index (χ4n) is 3.02. The Balaban J connectivity index is 1.92. The van der Waals surface area contributed by atoms with E-state index in [4.69, 9.17) is 11.6 Å². The van der Waals surface area contributed by atoms with Crippen molar-refractivity contribution in [3.05, 3.63) is 34.9 Å². The summed E-state index contributed by atoms with van der Waals surface area (Å²) in [4.78, 5) is 2.46. The molecule has 0 aromatic heterocycles. The van der Waals surface area contributed by atoms with Gasteiger partial charge in [-0.1, -0.05) is 36.7 Å². The summed E-state index contributed by atoms with van der Waals surface area (Å²) in [5, 5.41) is 13.7. The number of nitrogens with zero attached hydrogens (tertiary/aromatic N) is 1. The number of aliphatic hydroxyl groups is 1. The van der Waals surface area contributed by atoms with Crippen LogP contribution in [-0.4, -0.2) is 42.8 Å². The molecule has 1 aliphatic heterocycles. The molecule has 0 radical (unpaired) electrons. The number of nitrogens with one attached hydrogen (secondary N) is 1. The van der Waals surface area contributed by atoms with Gasteiger partial charge in [-0.25, -0.2) is 0 Å². The molecule has 21 heavy (non-hydrogen) atoms. The maximum atomic E-state index is 9.24. The predicted octanol–water partition coefficient (Wildman–Crippen LogP) is 3.09. The largest absolute Gasteiger partial charge is 0.396 e. The van der Waals surface area contributed by atoms with E-state index in [9.17, 15) is 5.11 Å². The van der Waals surface area contributed by atoms with Crippen LogP contribution in [0.2, 0.25) is 5.02 Å². The Kier molecular flexibility index (Phi) is 6.97. The van der Waals surface area contributed by atoms with Gasteiger partial charge in [0.05, 0.1) is 0 Å². The molecule has 0 amide bonds. The second-order valence-corrected chi connectivity index (χ2v) is 6.36. The first-order chi connectivity index (χ1) is 10.2. The maximum Gasteiger partial charge on any atom is 0.0471 e. The molecular formula is C17H27ClN2O. The molecule has 2 rings (SSSR count). The van der Waals surface area contributed by atoms with E-state index >= 15 is 0 Å². The summed E-state index contributed by atoms with van der Waals surface area (Å²) in [7, 11) is 0. The van der Waals surface area contributed by atoms with Gasteiger partial charge < -0.3 is 15.3 Å². The third-order valence-corrected chi connectivity index (χ3v) is 4.63. The second-order valence-electron chi connectivity index (χ2n) is 5.95. The summed E-state index contributed by atoms with van der Waals surface area (Å²) in [5.41, 5.74) is 1.20. The molecule has 2 unspecified atom stereocenters. The van der Waals surface area contributed by atoms with Crippen molar-refractivity contribution < 1.29 is 5.11 Å². The number of hydrogen-bond donors (Lipinski definition) is 2. The topological polar surface area (TPSA) is 35.5 Å². The lowest BCUT2D eigenvalue weighted by Gasteiger charge is -2.23. The summed E-state index contributed by atoms with van der Waals surface area (Å²) in [6.45, 7) is 6.70. The number of likely N-dealkylation sites (tertiary alicyclic amines) is 1. The average Bonchev–Trinajstić information content (AvgIpc) is 2.96. The molecular weight excluding hydrogens is 284 g/mol. The first-order valence-corrected chi connectivity index (χ1v) is 8.43. The van der Waals surface area contributed by atoms with E-state index in [2.05, 4.69) is 29.3 Å². The van der Waals surface area contributed by atoms with Gasteiger partial charge in [0.15, 0.2) is 0 Å². The van der Waals surface area contributed by atoms with Crippen molar-refractivity contribution in [2.45, 2.75) is 32.2 Å². The lowest BCUT2D eigenvalue weighted by atomic mass is 10.0. The highest BCUT2D eigenvalue weighted by Crippen LogP contribution is 2.26. The number of rotatable bonds is 8. The molecule has 1 aromatic rings. The van der Waals surface area contributed by atoms with Crippen LogP contribution in [0.1, 0.15) is 37.8 Å². The molecule has 1 aliphatic rings. The van der Waals surface area contributed by atoms with Gasteiger partial charge in [-0.3, -0.25) is 0 Å². The normalized spacial score (nSPS) is 20.8. The second kappa shape index (κ2) is 8.74. The lowest BCUT2D eigenvalue weighted by Crippen LogP contribution is -2.29. The van der Waals surface area contributed by atoms with Crippen LogP contribution < -0.4 is 5.32 Å². The average molecular weight is 311 g/mol. The highest BCUT2D eigenvalue weighted by atomic mass is 35.5. The summed E-state index contributed by atoms with van der Waals surface area (Å²) >= 11 is 6.35. The van der Waals surface area contributed by atoms with E-state index in [1.807, 2.05) is 12.1 Å². The zero-order valence-electron chi connectivity index (χ0n) is 12.9. The Bertz CT molecular complexity index is 427. The molecule has 1 aromatic carbocycles. The van der Waals surface area contributed by atoms with E-state index in [1.165, 1.54) is 5.56 Å². The molecule has 4 heteroatoms. The molecule has 0 saturated carbocycles. The molecule has 3 nitrogen and oxygen atoms in total. The van der Waals surface area contributed by atoms with Crippen molar-refractivity contribution >= 4 is 11.6 Å². The van der Waals surface area contributed by atoms with Gasteiger partial charge in [0.2, 0.25) is 0 Å². The Morgan fingerprint density at radius 1 is 1.43 bits per heavy atom. The highest BCUT2D eigenvalue weighted by Gasteiger charge is 2.23. The SMILES string of the molecule is CCCNC(CCN1CCC(CO)C1)c1ccccc1Cl. The summed E-state index contributed by atoms with van der Waals surface area (Å²) in [6.07, 6.45) is 3.30. The molecule has 0 spiro atoms. The molecule has 1 saturated heterocycles. The van der Waals surface area contributed by atoms with Crippen molar-refractivity contribution in [3.8, 4) is 0 Å². The highest BCUT2D eigenvalue weighted by molar-refractivity contribution is 6.31. The van der Waals surface area contributed by atoms with Gasteiger partial charge in [-0.2, -0.15) is 0 Å². The van der Waals surface area contributed by atoms with Crippen LogP contribution in [0.15, 0.2) is 24.3 Å². The van der Waals surface area contributed by atoms with E-state index in [0.29, 0.717) is 18.6 Å². The maximum absolute atomic E-state index is 9.24. The van der Waals surface area contributed by atoms with Crippen molar-refractivity contribution in [2.24, 2.45) is 5.92 Å². The third-order valence-electron chi connectivity index (χ3n) is 4.28. The van der Waals surface area contributed by atoms with E-state index in [0.717, 1.165) is 50.5 Å². The van der Waals surface area contributed by atoms with Crippen LogP contribution in [-0.2, 0) is 0 Å². The number of halogens is 1. The van der Waals surface area contributed by atoms with Gasteiger partial charge in [-0.05, 0) is 56.4 Å². The van der Waals surface area contributed by atoms with Gasteiger partial charge in [0.25, 0.3) is 0 Å². The van der Waals surface area contributed by atoms with E-state index in [-0.39, 0.29) is 0 Å². The molecule has 118 valence electrons. The lowest BCUT2D eigenvalue weighted by molar-refractivity contribution is 0.219. The Morgan fingerprint density at radius 3 is 2.90 bits per heavy atom. The predicted molar refractivity (Wildman–Crippen MR) is 88.7 cm³/mol. The first-order valence-electron chi connectivity index (χ1n) is 8.05. The summed E-state index contributed by atoms with van der Waals surface area (Å²) in [5.74, 6) is 0.465. The number of hydrogen-bond acceptors (Lipinski definition) is 3. The number of benzene rings is 1. The van der Waals surface area contributed by atoms with Crippen LogP contribution in [0, 0.1) is 5.92 Å². The van der Waals surface area contributed by atoms with Crippen LogP contribution in [0.25, 0.3) is 0 Å². The van der Waals surface area contributed by atoms with Crippen molar-refractivity contribution in [1.29, 1.82) is 0 Å². The Labute approximate surface area is 133 Å². The third kappa shape index (κ3) is 4.96. The summed E-state index contributed by atoms with van der Waals surface area (Å²) in [6, 6.07) is 8.44. The minimum atomic E-state index is 0.312. The molecule has 1 fully saturated rings. The standard InChI is InChI=1S/C17H27ClN2O/c1-2-9-19-17(15-5-3-4-6-16(15)18)8-11-20-10-7-14(12-20)13-21/h3-6,14,17,19,21H,2,7-13H2,1H3. The minimum Gasteiger partial charge on any atom is -0.396 e. The fraction of sp³-hybridized carbons (Fsp3) is 0.647. The van der Waals surface area contributed by atoms with Crippen molar-refractivity contribution in [3.63, 3.8) is 0 Å². The first kappa shape index (κ1) is 16.8. The zero-order valence-corrected chi connectivity index (χ0v) is 13.6. The quantitative estimate of drug-likeness (QED) is 0.774. The van der Waals surface area contributed by atoms with Gasteiger partial charge >= 0.3 is 0 Å².